The highest BCUT2D eigenvalue weighted by molar-refractivity contribution is 5.66. The number of fused-ring (bicyclic) bond motifs is 5. The number of hydrogen-bond acceptors (Lipinski definition) is 3. The first-order chi connectivity index (χ1) is 13.2. The van der Waals surface area contributed by atoms with Gasteiger partial charge in [0.05, 0.1) is 12.2 Å². The average Bonchev–Trinajstić information content (AvgIpc) is 3.00. The second kappa shape index (κ2) is 7.27. The first-order valence-corrected chi connectivity index (χ1v) is 11.8. The fourth-order valence-corrected chi connectivity index (χ4v) is 8.71. The molecule has 10 atom stereocenters. The highest BCUT2D eigenvalue weighted by Crippen LogP contribution is 2.68. The van der Waals surface area contributed by atoms with Gasteiger partial charge in [0, 0.05) is 6.42 Å². The topological polar surface area (TPSA) is 77.8 Å². The van der Waals surface area contributed by atoms with E-state index >= 15 is 0 Å². The zero-order chi connectivity index (χ0) is 20.3. The second-order valence-electron chi connectivity index (χ2n) is 11.3. The van der Waals surface area contributed by atoms with Crippen LogP contribution in [0.15, 0.2) is 0 Å². The summed E-state index contributed by atoms with van der Waals surface area (Å²) in [5.74, 6) is 2.55. The summed E-state index contributed by atoms with van der Waals surface area (Å²) in [6, 6.07) is 0. The summed E-state index contributed by atoms with van der Waals surface area (Å²) >= 11 is 0. The lowest BCUT2D eigenvalue weighted by Crippen LogP contribution is -2.58. The molecule has 4 heteroatoms. The van der Waals surface area contributed by atoms with Crippen LogP contribution in [-0.4, -0.2) is 33.5 Å². The molecule has 4 rings (SSSR count). The van der Waals surface area contributed by atoms with Crippen LogP contribution in [0.4, 0.5) is 0 Å². The maximum atomic E-state index is 11.5. The molecule has 4 aliphatic carbocycles. The first-order valence-electron chi connectivity index (χ1n) is 11.8. The SMILES string of the molecule is C[C@H](CCC(=O)O)[C@@H]1CC[C@@H]2[C@@H]3CC[C@H]4C[C@H](O)CC[C@]4(C)[C@@H]3C[C@H](O)[C@@]21C. The van der Waals surface area contributed by atoms with Gasteiger partial charge in [0.2, 0.25) is 0 Å². The molecule has 0 spiro atoms. The van der Waals surface area contributed by atoms with Gasteiger partial charge in [0.15, 0.2) is 0 Å². The molecule has 3 N–H and O–H groups in total. The second-order valence-corrected chi connectivity index (χ2v) is 11.3. The molecule has 0 unspecified atom stereocenters. The van der Waals surface area contributed by atoms with Gasteiger partial charge in [-0.25, -0.2) is 0 Å². The molecule has 0 heterocycles. The molecule has 0 aromatic heterocycles. The molecule has 4 aliphatic rings. The minimum atomic E-state index is -0.707. The molecule has 0 aromatic carbocycles. The van der Waals surface area contributed by atoms with Crippen LogP contribution in [0.5, 0.6) is 0 Å². The number of aliphatic carboxylic acids is 1. The quantitative estimate of drug-likeness (QED) is 0.659. The van der Waals surface area contributed by atoms with Crippen LogP contribution in [0.1, 0.15) is 85.0 Å². The van der Waals surface area contributed by atoms with Crippen LogP contribution in [-0.2, 0) is 4.79 Å². The minimum Gasteiger partial charge on any atom is -0.481 e. The number of hydrogen-bond donors (Lipinski definition) is 3. The third-order valence-electron chi connectivity index (χ3n) is 10.3. The van der Waals surface area contributed by atoms with Gasteiger partial charge >= 0.3 is 5.97 Å². The van der Waals surface area contributed by atoms with Crippen LogP contribution in [0.3, 0.4) is 0 Å². The first kappa shape index (κ1) is 20.7. The summed E-state index contributed by atoms with van der Waals surface area (Å²) in [5, 5.41) is 30.8. The van der Waals surface area contributed by atoms with E-state index in [-0.39, 0.29) is 29.5 Å². The molecular weight excluding hydrogens is 352 g/mol. The van der Waals surface area contributed by atoms with E-state index in [0.29, 0.717) is 35.5 Å². The average molecular weight is 393 g/mol. The monoisotopic (exact) mass is 392 g/mol. The summed E-state index contributed by atoms with van der Waals surface area (Å²) in [4.78, 5) is 11.1. The molecule has 4 saturated carbocycles. The Balaban J connectivity index is 1.56. The number of aliphatic hydroxyl groups is 2. The number of rotatable bonds is 4. The summed E-state index contributed by atoms with van der Waals surface area (Å²) in [6.07, 6.45) is 9.26. The molecule has 0 aromatic rings. The van der Waals surface area contributed by atoms with Crippen LogP contribution >= 0.6 is 0 Å². The van der Waals surface area contributed by atoms with Crippen molar-refractivity contribution in [2.45, 2.75) is 97.2 Å². The van der Waals surface area contributed by atoms with E-state index in [4.69, 9.17) is 5.11 Å². The molecular formula is C24H40O4. The molecule has 0 amide bonds. The van der Waals surface area contributed by atoms with Crippen molar-refractivity contribution >= 4 is 5.97 Å². The molecule has 0 aliphatic heterocycles. The van der Waals surface area contributed by atoms with Crippen molar-refractivity contribution in [3.05, 3.63) is 0 Å². The fourth-order valence-electron chi connectivity index (χ4n) is 8.71. The van der Waals surface area contributed by atoms with E-state index in [0.717, 1.165) is 38.5 Å². The van der Waals surface area contributed by atoms with Gasteiger partial charge in [-0.3, -0.25) is 4.79 Å². The number of carboxylic acid groups (broad SMARTS) is 1. The standard InChI is InChI=1S/C24H40O4/c1-14(4-9-22(27)28)18-7-8-19-17-6-5-15-12-16(25)10-11-23(15,2)20(17)13-21(26)24(18,19)3/h14-21,25-26H,4-13H2,1-3H3,(H,27,28)/t14-,15+,16-,17+,18+,19-,20-,21+,23+,24-/m1/s1. The van der Waals surface area contributed by atoms with Crippen LogP contribution in [0, 0.1) is 46.3 Å². The van der Waals surface area contributed by atoms with Gasteiger partial charge in [0.25, 0.3) is 0 Å². The van der Waals surface area contributed by atoms with Crippen molar-refractivity contribution in [2.75, 3.05) is 0 Å². The Morgan fingerprint density at radius 1 is 1.04 bits per heavy atom. The molecule has 160 valence electrons. The predicted octanol–water partition coefficient (Wildman–Crippen LogP) is 4.48. The Kier molecular flexibility index (Phi) is 5.36. The largest absolute Gasteiger partial charge is 0.481 e. The zero-order valence-corrected chi connectivity index (χ0v) is 17.9. The van der Waals surface area contributed by atoms with E-state index in [2.05, 4.69) is 20.8 Å². The summed E-state index contributed by atoms with van der Waals surface area (Å²) in [5.41, 5.74) is 0.216. The molecule has 0 radical (unpaired) electrons. The number of aliphatic hydroxyl groups excluding tert-OH is 2. The van der Waals surface area contributed by atoms with Crippen LogP contribution in [0.2, 0.25) is 0 Å². The Morgan fingerprint density at radius 2 is 1.79 bits per heavy atom. The van der Waals surface area contributed by atoms with Gasteiger partial charge in [-0.2, -0.15) is 0 Å². The normalized spacial score (nSPS) is 51.7. The Bertz CT molecular complexity index is 605. The zero-order valence-electron chi connectivity index (χ0n) is 17.9. The number of carboxylic acids is 1. The van der Waals surface area contributed by atoms with Crippen LogP contribution < -0.4 is 0 Å². The minimum absolute atomic E-state index is 0.0591. The van der Waals surface area contributed by atoms with E-state index < -0.39 is 5.97 Å². The third kappa shape index (κ3) is 3.05. The molecule has 28 heavy (non-hydrogen) atoms. The van der Waals surface area contributed by atoms with E-state index in [1.807, 2.05) is 0 Å². The molecule has 4 nitrogen and oxygen atoms in total. The fraction of sp³-hybridized carbons (Fsp3) is 0.958. The van der Waals surface area contributed by atoms with Crippen molar-refractivity contribution < 1.29 is 20.1 Å². The number of carbonyl (C=O) groups is 1. The Morgan fingerprint density at radius 3 is 2.50 bits per heavy atom. The predicted molar refractivity (Wildman–Crippen MR) is 109 cm³/mol. The molecule has 0 saturated heterocycles. The Hall–Kier alpha value is -0.610. The summed E-state index contributed by atoms with van der Waals surface area (Å²) in [6.45, 7) is 6.99. The lowest BCUT2D eigenvalue weighted by Gasteiger charge is -2.62. The lowest BCUT2D eigenvalue weighted by atomic mass is 9.43. The van der Waals surface area contributed by atoms with Gasteiger partial charge in [0.1, 0.15) is 0 Å². The van der Waals surface area contributed by atoms with Gasteiger partial charge in [-0.1, -0.05) is 20.8 Å². The maximum absolute atomic E-state index is 11.5. The summed E-state index contributed by atoms with van der Waals surface area (Å²) < 4.78 is 0. The van der Waals surface area contributed by atoms with Crippen molar-refractivity contribution in [1.82, 2.24) is 0 Å². The summed E-state index contributed by atoms with van der Waals surface area (Å²) in [7, 11) is 0. The van der Waals surface area contributed by atoms with Crippen molar-refractivity contribution in [3.63, 3.8) is 0 Å². The lowest BCUT2D eigenvalue weighted by molar-refractivity contribution is -0.175. The van der Waals surface area contributed by atoms with Gasteiger partial charge in [-0.05, 0) is 104 Å². The highest BCUT2D eigenvalue weighted by Gasteiger charge is 2.63. The molecule has 0 bridgehead atoms. The van der Waals surface area contributed by atoms with Crippen molar-refractivity contribution in [1.29, 1.82) is 0 Å². The maximum Gasteiger partial charge on any atom is 0.303 e. The Labute approximate surface area is 170 Å². The van der Waals surface area contributed by atoms with Crippen LogP contribution in [0.25, 0.3) is 0 Å². The smallest absolute Gasteiger partial charge is 0.303 e. The van der Waals surface area contributed by atoms with Crippen molar-refractivity contribution in [3.8, 4) is 0 Å². The van der Waals surface area contributed by atoms with Gasteiger partial charge < -0.3 is 15.3 Å². The van der Waals surface area contributed by atoms with E-state index in [9.17, 15) is 15.0 Å². The third-order valence-corrected chi connectivity index (χ3v) is 10.3. The van der Waals surface area contributed by atoms with Crippen molar-refractivity contribution in [2.24, 2.45) is 46.3 Å². The molecule has 4 fully saturated rings. The van der Waals surface area contributed by atoms with E-state index in [1.54, 1.807) is 0 Å². The van der Waals surface area contributed by atoms with Gasteiger partial charge in [-0.15, -0.1) is 0 Å². The van der Waals surface area contributed by atoms with E-state index in [1.165, 1.54) is 19.3 Å². The highest BCUT2D eigenvalue weighted by atomic mass is 16.4.